The second-order valence-electron chi connectivity index (χ2n) is 3.89. The van der Waals surface area contributed by atoms with Crippen molar-refractivity contribution in [3.8, 4) is 5.75 Å². The van der Waals surface area contributed by atoms with Gasteiger partial charge in [0.2, 0.25) is 0 Å². The summed E-state index contributed by atoms with van der Waals surface area (Å²) < 4.78 is 15.9. The molecule has 5 nitrogen and oxygen atoms in total. The van der Waals surface area contributed by atoms with Crippen LogP contribution < -0.4 is 10.1 Å². The average Bonchev–Trinajstić information content (AvgIpc) is 2.45. The number of hydrogen-bond acceptors (Lipinski definition) is 4. The quantitative estimate of drug-likeness (QED) is 0.750. The lowest BCUT2D eigenvalue weighted by Crippen LogP contribution is -2.35. The molecule has 0 unspecified atom stereocenters. The van der Waals surface area contributed by atoms with E-state index < -0.39 is 6.29 Å². The lowest BCUT2D eigenvalue weighted by atomic mass is 10.2. The van der Waals surface area contributed by atoms with E-state index in [0.717, 1.165) is 0 Å². The van der Waals surface area contributed by atoms with E-state index >= 15 is 0 Å². The fraction of sp³-hybridized carbons (Fsp3) is 0.500. The maximum absolute atomic E-state index is 12.1. The van der Waals surface area contributed by atoms with Crippen LogP contribution in [0.5, 0.6) is 5.75 Å². The molecule has 0 atom stereocenters. The van der Waals surface area contributed by atoms with Gasteiger partial charge >= 0.3 is 0 Å². The molecule has 20 heavy (non-hydrogen) atoms. The molecule has 1 aromatic carbocycles. The highest BCUT2D eigenvalue weighted by Crippen LogP contribution is 2.22. The van der Waals surface area contributed by atoms with Crippen LogP contribution in [0.3, 0.4) is 0 Å². The summed E-state index contributed by atoms with van der Waals surface area (Å²) in [6.45, 7) is 5.03. The molecule has 1 aromatic rings. The van der Waals surface area contributed by atoms with Gasteiger partial charge in [-0.2, -0.15) is 0 Å². The number of rotatable bonds is 8. The molecule has 0 aliphatic heterocycles. The molecule has 0 aromatic heterocycles. The number of amides is 1. The third kappa shape index (κ3) is 5.00. The van der Waals surface area contributed by atoms with Crippen molar-refractivity contribution < 1.29 is 19.0 Å². The molecule has 0 spiro atoms. The van der Waals surface area contributed by atoms with E-state index in [4.69, 9.17) is 25.8 Å². The van der Waals surface area contributed by atoms with Gasteiger partial charge in [-0.15, -0.1) is 0 Å². The molecule has 112 valence electrons. The molecule has 0 radical (unpaired) electrons. The summed E-state index contributed by atoms with van der Waals surface area (Å²) >= 11 is 5.90. The van der Waals surface area contributed by atoms with Crippen LogP contribution in [0.25, 0.3) is 0 Å². The zero-order valence-corrected chi connectivity index (χ0v) is 12.7. The highest BCUT2D eigenvalue weighted by molar-refractivity contribution is 6.31. The molecular weight excluding hydrogens is 282 g/mol. The summed E-state index contributed by atoms with van der Waals surface area (Å²) in [5, 5.41) is 3.22. The van der Waals surface area contributed by atoms with Gasteiger partial charge in [0.05, 0.1) is 19.2 Å². The van der Waals surface area contributed by atoms with Gasteiger partial charge in [-0.25, -0.2) is 0 Å². The number of hydrogen-bond donors (Lipinski definition) is 1. The molecule has 0 aliphatic carbocycles. The van der Waals surface area contributed by atoms with E-state index in [1.807, 2.05) is 13.8 Å². The Morgan fingerprint density at radius 3 is 2.50 bits per heavy atom. The highest BCUT2D eigenvalue weighted by atomic mass is 35.5. The van der Waals surface area contributed by atoms with E-state index in [9.17, 15) is 4.79 Å². The molecule has 0 aliphatic rings. The first-order valence-electron chi connectivity index (χ1n) is 6.47. The topological polar surface area (TPSA) is 56.8 Å². The van der Waals surface area contributed by atoms with E-state index in [0.29, 0.717) is 29.5 Å². The van der Waals surface area contributed by atoms with Crippen molar-refractivity contribution in [1.82, 2.24) is 5.32 Å². The number of carbonyl (C=O) groups is 1. The van der Waals surface area contributed by atoms with Gasteiger partial charge < -0.3 is 19.5 Å². The van der Waals surface area contributed by atoms with Crippen LogP contribution in [0, 0.1) is 0 Å². The Bertz CT molecular complexity index is 433. The Morgan fingerprint density at radius 2 is 1.95 bits per heavy atom. The predicted octanol–water partition coefficient (Wildman–Crippen LogP) is 2.48. The van der Waals surface area contributed by atoms with Crippen molar-refractivity contribution >= 4 is 17.5 Å². The number of benzene rings is 1. The summed E-state index contributed by atoms with van der Waals surface area (Å²) in [4.78, 5) is 12.1. The monoisotopic (exact) mass is 301 g/mol. The lowest BCUT2D eigenvalue weighted by molar-refractivity contribution is -0.131. The number of ether oxygens (including phenoxy) is 3. The Hall–Kier alpha value is -1.30. The Kier molecular flexibility index (Phi) is 7.36. The Balaban J connectivity index is 2.68. The smallest absolute Gasteiger partial charge is 0.255 e. The maximum Gasteiger partial charge on any atom is 0.255 e. The van der Waals surface area contributed by atoms with Crippen molar-refractivity contribution in [3.05, 3.63) is 28.8 Å². The van der Waals surface area contributed by atoms with Crippen molar-refractivity contribution in [1.29, 1.82) is 0 Å². The second-order valence-corrected chi connectivity index (χ2v) is 4.33. The third-order valence-electron chi connectivity index (χ3n) is 2.54. The SMILES string of the molecule is CCOC(CNC(=O)c1cc(Cl)ccc1OC)OCC. The van der Waals surface area contributed by atoms with Crippen LogP contribution in [-0.4, -0.2) is 39.1 Å². The molecule has 1 rings (SSSR count). The molecule has 0 saturated heterocycles. The summed E-state index contributed by atoms with van der Waals surface area (Å²) in [6.07, 6.45) is -0.459. The van der Waals surface area contributed by atoms with Gasteiger partial charge in [0.25, 0.3) is 5.91 Å². The minimum atomic E-state index is -0.459. The fourth-order valence-electron chi connectivity index (χ4n) is 1.67. The van der Waals surface area contributed by atoms with Gasteiger partial charge in [-0.1, -0.05) is 11.6 Å². The molecule has 1 N–H and O–H groups in total. The Morgan fingerprint density at radius 1 is 1.30 bits per heavy atom. The van der Waals surface area contributed by atoms with E-state index in [-0.39, 0.29) is 12.5 Å². The number of nitrogens with one attached hydrogen (secondary N) is 1. The summed E-state index contributed by atoms with van der Waals surface area (Å²) in [5.41, 5.74) is 0.381. The average molecular weight is 302 g/mol. The number of halogens is 1. The third-order valence-corrected chi connectivity index (χ3v) is 2.78. The standard InChI is InChI=1S/C14H20ClNO4/c1-4-19-13(20-5-2)9-16-14(17)11-8-10(15)6-7-12(11)18-3/h6-8,13H,4-5,9H2,1-3H3,(H,16,17). The maximum atomic E-state index is 12.1. The van der Waals surface area contributed by atoms with Crippen LogP contribution in [0.1, 0.15) is 24.2 Å². The van der Waals surface area contributed by atoms with E-state index in [2.05, 4.69) is 5.32 Å². The molecular formula is C14H20ClNO4. The van der Waals surface area contributed by atoms with Gasteiger partial charge in [0.15, 0.2) is 6.29 Å². The molecule has 0 fully saturated rings. The van der Waals surface area contributed by atoms with Gasteiger partial charge in [-0.05, 0) is 32.0 Å². The number of methoxy groups -OCH3 is 1. The van der Waals surface area contributed by atoms with Crippen LogP contribution in [0.15, 0.2) is 18.2 Å². The number of carbonyl (C=O) groups excluding carboxylic acids is 1. The highest BCUT2D eigenvalue weighted by Gasteiger charge is 2.15. The molecule has 1 amide bonds. The zero-order valence-electron chi connectivity index (χ0n) is 11.9. The predicted molar refractivity (Wildman–Crippen MR) is 77.4 cm³/mol. The second kappa shape index (κ2) is 8.79. The van der Waals surface area contributed by atoms with Crippen molar-refractivity contribution in [3.63, 3.8) is 0 Å². The molecule has 0 heterocycles. The fourth-order valence-corrected chi connectivity index (χ4v) is 1.84. The first-order valence-corrected chi connectivity index (χ1v) is 6.85. The van der Waals surface area contributed by atoms with Gasteiger partial charge in [-0.3, -0.25) is 4.79 Å². The zero-order chi connectivity index (χ0) is 15.0. The summed E-state index contributed by atoms with van der Waals surface area (Å²) in [6, 6.07) is 4.88. The molecule has 0 bridgehead atoms. The first kappa shape index (κ1) is 16.8. The van der Waals surface area contributed by atoms with Crippen LogP contribution in [-0.2, 0) is 9.47 Å². The van der Waals surface area contributed by atoms with Gasteiger partial charge in [0, 0.05) is 18.2 Å². The summed E-state index contributed by atoms with van der Waals surface area (Å²) in [7, 11) is 1.50. The van der Waals surface area contributed by atoms with Crippen LogP contribution in [0.4, 0.5) is 0 Å². The molecule has 6 heteroatoms. The minimum Gasteiger partial charge on any atom is -0.496 e. The molecule has 0 saturated carbocycles. The lowest BCUT2D eigenvalue weighted by Gasteiger charge is -2.18. The van der Waals surface area contributed by atoms with Crippen LogP contribution >= 0.6 is 11.6 Å². The Labute approximate surface area is 124 Å². The normalized spacial score (nSPS) is 10.7. The van der Waals surface area contributed by atoms with E-state index in [1.54, 1.807) is 18.2 Å². The van der Waals surface area contributed by atoms with Gasteiger partial charge in [0.1, 0.15) is 5.75 Å². The minimum absolute atomic E-state index is 0.260. The summed E-state index contributed by atoms with van der Waals surface area (Å²) in [5.74, 6) is 0.185. The van der Waals surface area contributed by atoms with Crippen molar-refractivity contribution in [2.45, 2.75) is 20.1 Å². The van der Waals surface area contributed by atoms with Crippen molar-refractivity contribution in [2.75, 3.05) is 26.9 Å². The first-order chi connectivity index (χ1) is 9.62. The largest absolute Gasteiger partial charge is 0.496 e. The van der Waals surface area contributed by atoms with E-state index in [1.165, 1.54) is 7.11 Å². The van der Waals surface area contributed by atoms with Crippen molar-refractivity contribution in [2.24, 2.45) is 0 Å². The van der Waals surface area contributed by atoms with Crippen LogP contribution in [0.2, 0.25) is 5.02 Å².